The van der Waals surface area contributed by atoms with Crippen LogP contribution in [0, 0.1) is 0 Å². The van der Waals surface area contributed by atoms with Crippen molar-refractivity contribution in [1.29, 1.82) is 0 Å². The van der Waals surface area contributed by atoms with Crippen molar-refractivity contribution in [3.8, 4) is 5.75 Å². The molecule has 0 spiro atoms. The number of carbonyl (C=O) groups excluding carboxylic acids is 1. The van der Waals surface area contributed by atoms with Gasteiger partial charge in [-0.1, -0.05) is 6.07 Å². The maximum atomic E-state index is 11.4. The molecule has 1 aromatic carbocycles. The lowest BCUT2D eigenvalue weighted by molar-refractivity contribution is -0.147. The zero-order chi connectivity index (χ0) is 14.6. The van der Waals surface area contributed by atoms with Gasteiger partial charge in [0.25, 0.3) is 0 Å². The van der Waals surface area contributed by atoms with Gasteiger partial charge < -0.3 is 24.7 Å². The fourth-order valence-electron chi connectivity index (χ4n) is 1.41. The van der Waals surface area contributed by atoms with E-state index in [0.717, 1.165) is 6.42 Å². The lowest BCUT2D eigenvalue weighted by atomic mass is 10.3. The quantitative estimate of drug-likeness (QED) is 0.395. The molecule has 0 amide bonds. The zero-order valence-electron chi connectivity index (χ0n) is 11.7. The van der Waals surface area contributed by atoms with Crippen LogP contribution in [0.15, 0.2) is 24.3 Å². The molecule has 0 aromatic heterocycles. The van der Waals surface area contributed by atoms with E-state index in [4.69, 9.17) is 24.7 Å². The average molecular weight is 283 g/mol. The van der Waals surface area contributed by atoms with E-state index >= 15 is 0 Å². The summed E-state index contributed by atoms with van der Waals surface area (Å²) in [6.07, 6.45) is 0.822. The van der Waals surface area contributed by atoms with Gasteiger partial charge in [0.15, 0.2) is 6.61 Å². The molecule has 1 aromatic rings. The van der Waals surface area contributed by atoms with Crippen molar-refractivity contribution < 1.29 is 23.7 Å². The van der Waals surface area contributed by atoms with E-state index in [9.17, 15) is 4.79 Å². The highest BCUT2D eigenvalue weighted by molar-refractivity contribution is 5.71. The van der Waals surface area contributed by atoms with Gasteiger partial charge in [0.05, 0.1) is 6.61 Å². The molecule has 0 aliphatic carbocycles. The smallest absolute Gasteiger partial charge is 0.344 e. The molecule has 2 N–H and O–H groups in total. The number of nitrogens with two attached hydrogens (primary N) is 1. The van der Waals surface area contributed by atoms with Crippen LogP contribution < -0.4 is 10.5 Å². The maximum absolute atomic E-state index is 11.4. The Morgan fingerprint density at radius 2 is 2.05 bits per heavy atom. The molecule has 0 atom stereocenters. The summed E-state index contributed by atoms with van der Waals surface area (Å²) in [5.41, 5.74) is 6.18. The van der Waals surface area contributed by atoms with E-state index in [2.05, 4.69) is 0 Å². The molecule has 0 heterocycles. The number of rotatable bonds is 10. The van der Waals surface area contributed by atoms with Crippen molar-refractivity contribution in [2.45, 2.75) is 6.42 Å². The van der Waals surface area contributed by atoms with Crippen LogP contribution in [0.3, 0.4) is 0 Å². The van der Waals surface area contributed by atoms with E-state index < -0.39 is 5.97 Å². The van der Waals surface area contributed by atoms with Gasteiger partial charge in [-0.15, -0.1) is 0 Å². The van der Waals surface area contributed by atoms with Gasteiger partial charge in [-0.05, 0) is 18.6 Å². The molecular weight excluding hydrogens is 262 g/mol. The molecule has 0 fully saturated rings. The predicted octanol–water partition coefficient (Wildman–Crippen LogP) is 1.24. The molecule has 0 bridgehead atoms. The molecule has 0 unspecified atom stereocenters. The first-order valence-electron chi connectivity index (χ1n) is 6.43. The van der Waals surface area contributed by atoms with Crippen LogP contribution in [0.5, 0.6) is 5.75 Å². The van der Waals surface area contributed by atoms with Crippen molar-refractivity contribution in [1.82, 2.24) is 0 Å². The van der Waals surface area contributed by atoms with E-state index in [0.29, 0.717) is 31.3 Å². The normalized spacial score (nSPS) is 10.2. The van der Waals surface area contributed by atoms with Crippen LogP contribution >= 0.6 is 0 Å². The van der Waals surface area contributed by atoms with Crippen LogP contribution in [0.4, 0.5) is 5.69 Å². The van der Waals surface area contributed by atoms with Crippen LogP contribution in [0.25, 0.3) is 0 Å². The van der Waals surface area contributed by atoms with Gasteiger partial charge in [-0.3, -0.25) is 0 Å². The molecule has 6 nitrogen and oxygen atoms in total. The molecule has 0 aliphatic heterocycles. The molecule has 0 saturated heterocycles. The number of carbonyl (C=O) groups is 1. The van der Waals surface area contributed by atoms with Crippen molar-refractivity contribution in [3.63, 3.8) is 0 Å². The van der Waals surface area contributed by atoms with Crippen molar-refractivity contribution in [2.75, 3.05) is 45.9 Å². The largest absolute Gasteiger partial charge is 0.482 e. The van der Waals surface area contributed by atoms with E-state index in [1.807, 2.05) is 0 Å². The number of hydrogen-bond donors (Lipinski definition) is 1. The lowest BCUT2D eigenvalue weighted by Gasteiger charge is -2.08. The monoisotopic (exact) mass is 283 g/mol. The highest BCUT2D eigenvalue weighted by Gasteiger charge is 2.04. The molecule has 20 heavy (non-hydrogen) atoms. The van der Waals surface area contributed by atoms with Crippen LogP contribution in [0.1, 0.15) is 6.42 Å². The summed E-state index contributed by atoms with van der Waals surface area (Å²) >= 11 is 0. The Balaban J connectivity index is 2.03. The minimum absolute atomic E-state index is 0.146. The third-order valence-corrected chi connectivity index (χ3v) is 2.34. The summed E-state index contributed by atoms with van der Waals surface area (Å²) < 4.78 is 20.3. The van der Waals surface area contributed by atoms with E-state index in [1.54, 1.807) is 31.4 Å². The third kappa shape index (κ3) is 7.60. The van der Waals surface area contributed by atoms with Crippen LogP contribution in [-0.4, -0.2) is 46.1 Å². The number of nitrogen functional groups attached to an aromatic ring is 1. The Kier molecular flexibility index (Phi) is 8.17. The van der Waals surface area contributed by atoms with Gasteiger partial charge in [0.2, 0.25) is 0 Å². The van der Waals surface area contributed by atoms with Crippen LogP contribution in [-0.2, 0) is 19.0 Å². The highest BCUT2D eigenvalue weighted by Crippen LogP contribution is 2.14. The number of esters is 1. The Morgan fingerprint density at radius 1 is 1.20 bits per heavy atom. The second-order valence-corrected chi connectivity index (χ2v) is 4.04. The van der Waals surface area contributed by atoms with Crippen molar-refractivity contribution >= 4 is 11.7 Å². The highest BCUT2D eigenvalue weighted by atomic mass is 16.6. The predicted molar refractivity (Wildman–Crippen MR) is 74.6 cm³/mol. The SMILES string of the molecule is COCCCOCCOC(=O)COc1cccc(N)c1. The second-order valence-electron chi connectivity index (χ2n) is 4.04. The fourth-order valence-corrected chi connectivity index (χ4v) is 1.41. The molecule has 0 saturated carbocycles. The molecule has 112 valence electrons. The molecular formula is C14H21NO5. The topological polar surface area (TPSA) is 80.0 Å². The second kappa shape index (κ2) is 10.1. The van der Waals surface area contributed by atoms with Gasteiger partial charge >= 0.3 is 5.97 Å². The van der Waals surface area contributed by atoms with Gasteiger partial charge in [-0.25, -0.2) is 4.79 Å². The van der Waals surface area contributed by atoms with E-state index in [-0.39, 0.29) is 13.2 Å². The first-order chi connectivity index (χ1) is 9.72. The van der Waals surface area contributed by atoms with Crippen molar-refractivity contribution in [2.24, 2.45) is 0 Å². The number of anilines is 1. The number of benzene rings is 1. The Bertz CT molecular complexity index is 397. The third-order valence-electron chi connectivity index (χ3n) is 2.34. The summed E-state index contributed by atoms with van der Waals surface area (Å²) in [5.74, 6) is 0.102. The van der Waals surface area contributed by atoms with Gasteiger partial charge in [-0.2, -0.15) is 0 Å². The summed E-state index contributed by atoms with van der Waals surface area (Å²) in [4.78, 5) is 11.4. The minimum Gasteiger partial charge on any atom is -0.482 e. The minimum atomic E-state index is -0.437. The standard InChI is InChI=1S/C14H21NO5/c1-17-6-3-7-18-8-9-19-14(16)11-20-13-5-2-4-12(15)10-13/h2,4-5,10H,3,6-9,11,15H2,1H3. The Labute approximate surface area is 118 Å². The molecule has 6 heteroatoms. The fraction of sp³-hybridized carbons (Fsp3) is 0.500. The average Bonchev–Trinajstić information content (AvgIpc) is 2.44. The van der Waals surface area contributed by atoms with E-state index in [1.165, 1.54) is 0 Å². The summed E-state index contributed by atoms with van der Waals surface area (Å²) in [6, 6.07) is 6.87. The first-order valence-corrected chi connectivity index (χ1v) is 6.43. The number of hydrogen-bond acceptors (Lipinski definition) is 6. The lowest BCUT2D eigenvalue weighted by Crippen LogP contribution is -2.17. The zero-order valence-corrected chi connectivity index (χ0v) is 11.7. The summed E-state index contributed by atoms with van der Waals surface area (Å²) in [7, 11) is 1.64. The molecule has 0 radical (unpaired) electrons. The molecule has 0 aliphatic rings. The van der Waals surface area contributed by atoms with Gasteiger partial charge in [0.1, 0.15) is 12.4 Å². The van der Waals surface area contributed by atoms with Gasteiger partial charge in [0, 0.05) is 32.1 Å². The van der Waals surface area contributed by atoms with Crippen molar-refractivity contribution in [3.05, 3.63) is 24.3 Å². The number of methoxy groups -OCH3 is 1. The maximum Gasteiger partial charge on any atom is 0.344 e. The summed E-state index contributed by atoms with van der Waals surface area (Å²) in [5, 5.41) is 0. The van der Waals surface area contributed by atoms with Crippen LogP contribution in [0.2, 0.25) is 0 Å². The summed E-state index contributed by atoms with van der Waals surface area (Å²) in [6.45, 7) is 1.69. The number of ether oxygens (including phenoxy) is 4. The Morgan fingerprint density at radius 3 is 2.80 bits per heavy atom. The first kappa shape index (κ1) is 16.3. The molecule has 1 rings (SSSR count). The Hall–Kier alpha value is -1.79.